The van der Waals surface area contributed by atoms with Crippen molar-refractivity contribution < 1.29 is 9.59 Å². The second-order valence-corrected chi connectivity index (χ2v) is 5.61. The highest BCUT2D eigenvalue weighted by atomic mass is 16.2. The Balaban J connectivity index is 1.77. The van der Waals surface area contributed by atoms with Crippen molar-refractivity contribution in [1.29, 1.82) is 0 Å². The lowest BCUT2D eigenvalue weighted by Gasteiger charge is -2.17. The van der Waals surface area contributed by atoms with Gasteiger partial charge < -0.3 is 10.6 Å². The third kappa shape index (κ3) is 2.23. The second kappa shape index (κ2) is 4.68. The second-order valence-electron chi connectivity index (χ2n) is 5.61. The highest BCUT2D eigenvalue weighted by Crippen LogP contribution is 2.38. The minimum Gasteiger partial charge on any atom is -0.366 e. The average Bonchev–Trinajstić information content (AvgIpc) is 2.98. The van der Waals surface area contributed by atoms with E-state index in [1.807, 2.05) is 4.90 Å². The van der Waals surface area contributed by atoms with Crippen molar-refractivity contribution >= 4 is 11.8 Å². The van der Waals surface area contributed by atoms with E-state index >= 15 is 0 Å². The molecular formula is C15H18N2O2. The average molecular weight is 258 g/mol. The van der Waals surface area contributed by atoms with Crippen LogP contribution in [0.15, 0.2) is 24.3 Å². The number of hydrogen-bond acceptors (Lipinski definition) is 2. The van der Waals surface area contributed by atoms with Crippen molar-refractivity contribution in [3.8, 4) is 0 Å². The van der Waals surface area contributed by atoms with Gasteiger partial charge in [-0.15, -0.1) is 0 Å². The molecule has 3 rings (SSSR count). The van der Waals surface area contributed by atoms with Gasteiger partial charge in [0.2, 0.25) is 5.91 Å². The molecule has 2 fully saturated rings. The smallest absolute Gasteiger partial charge is 0.253 e. The minimum absolute atomic E-state index is 0.0255. The summed E-state index contributed by atoms with van der Waals surface area (Å²) in [5.74, 6) is 0.900. The Morgan fingerprint density at radius 1 is 1.11 bits per heavy atom. The third-order valence-corrected chi connectivity index (χ3v) is 4.41. The van der Waals surface area contributed by atoms with Crippen molar-refractivity contribution in [2.45, 2.75) is 19.3 Å². The van der Waals surface area contributed by atoms with Gasteiger partial charge in [-0.2, -0.15) is 0 Å². The number of rotatable bonds is 2. The molecule has 0 radical (unpaired) electrons. The number of likely N-dealkylation sites (tertiary alicyclic amines) is 1. The Morgan fingerprint density at radius 2 is 1.74 bits per heavy atom. The van der Waals surface area contributed by atoms with Crippen LogP contribution in [0.1, 0.15) is 40.0 Å². The van der Waals surface area contributed by atoms with E-state index in [-0.39, 0.29) is 5.91 Å². The number of hydrogen-bond donors (Lipinski definition) is 1. The van der Waals surface area contributed by atoms with E-state index in [1.54, 1.807) is 24.3 Å². The monoisotopic (exact) mass is 258 g/mol. The standard InChI is InChI=1S/C15H18N2O2/c16-14(18)10-3-1-4-11(7-10)15(19)17-8-12-5-2-6-13(12)9-17/h1,3-4,7,12-13H,2,5-6,8-9H2,(H2,16,18). The van der Waals surface area contributed by atoms with Crippen molar-refractivity contribution in [2.24, 2.45) is 17.6 Å². The zero-order valence-electron chi connectivity index (χ0n) is 10.8. The van der Waals surface area contributed by atoms with Crippen LogP contribution >= 0.6 is 0 Å². The molecular weight excluding hydrogens is 240 g/mol. The molecule has 2 amide bonds. The highest BCUT2D eigenvalue weighted by molar-refractivity contribution is 5.99. The van der Waals surface area contributed by atoms with Crippen LogP contribution in [-0.2, 0) is 0 Å². The fraction of sp³-hybridized carbons (Fsp3) is 0.467. The third-order valence-electron chi connectivity index (χ3n) is 4.41. The summed E-state index contributed by atoms with van der Waals surface area (Å²) in [6, 6.07) is 6.70. The first-order chi connectivity index (χ1) is 9.15. The van der Waals surface area contributed by atoms with Gasteiger partial charge >= 0.3 is 0 Å². The molecule has 100 valence electrons. The van der Waals surface area contributed by atoms with Crippen LogP contribution in [0, 0.1) is 11.8 Å². The minimum atomic E-state index is -0.493. The molecule has 19 heavy (non-hydrogen) atoms. The molecule has 0 bridgehead atoms. The fourth-order valence-corrected chi connectivity index (χ4v) is 3.39. The summed E-state index contributed by atoms with van der Waals surface area (Å²) in [7, 11) is 0. The predicted molar refractivity (Wildman–Crippen MR) is 71.7 cm³/mol. The molecule has 1 aliphatic heterocycles. The van der Waals surface area contributed by atoms with Crippen LogP contribution in [0.25, 0.3) is 0 Å². The zero-order valence-corrected chi connectivity index (χ0v) is 10.8. The SMILES string of the molecule is NC(=O)c1cccc(C(=O)N2CC3CCCC3C2)c1. The molecule has 2 atom stereocenters. The van der Waals surface area contributed by atoms with Crippen LogP contribution in [0.2, 0.25) is 0 Å². The van der Waals surface area contributed by atoms with E-state index in [4.69, 9.17) is 5.73 Å². The Morgan fingerprint density at radius 3 is 2.37 bits per heavy atom. The molecule has 1 aromatic carbocycles. The maximum Gasteiger partial charge on any atom is 0.253 e. The number of fused-ring (bicyclic) bond motifs is 1. The number of carbonyl (C=O) groups excluding carboxylic acids is 2. The van der Waals surface area contributed by atoms with E-state index in [9.17, 15) is 9.59 Å². The van der Waals surface area contributed by atoms with Gasteiger partial charge in [-0.05, 0) is 42.9 Å². The summed E-state index contributed by atoms with van der Waals surface area (Å²) in [6.07, 6.45) is 3.79. The Hall–Kier alpha value is -1.84. The summed E-state index contributed by atoms with van der Waals surface area (Å²) >= 11 is 0. The molecule has 1 saturated heterocycles. The maximum atomic E-state index is 12.4. The lowest BCUT2D eigenvalue weighted by Crippen LogP contribution is -2.29. The molecule has 2 unspecified atom stereocenters. The van der Waals surface area contributed by atoms with E-state index in [0.717, 1.165) is 13.1 Å². The molecule has 2 N–H and O–H groups in total. The van der Waals surface area contributed by atoms with E-state index in [2.05, 4.69) is 0 Å². The lowest BCUT2D eigenvalue weighted by molar-refractivity contribution is 0.0780. The van der Waals surface area contributed by atoms with Gasteiger partial charge in [0.1, 0.15) is 0 Å². The van der Waals surface area contributed by atoms with Gasteiger partial charge in [0.05, 0.1) is 0 Å². The molecule has 2 aliphatic rings. The van der Waals surface area contributed by atoms with Crippen LogP contribution in [0.5, 0.6) is 0 Å². The first-order valence-corrected chi connectivity index (χ1v) is 6.84. The van der Waals surface area contributed by atoms with Gasteiger partial charge in [-0.25, -0.2) is 0 Å². The molecule has 4 nitrogen and oxygen atoms in total. The zero-order chi connectivity index (χ0) is 13.4. The molecule has 1 saturated carbocycles. The quantitative estimate of drug-likeness (QED) is 0.876. The van der Waals surface area contributed by atoms with E-state index in [0.29, 0.717) is 23.0 Å². The van der Waals surface area contributed by atoms with Gasteiger partial charge in [-0.1, -0.05) is 12.5 Å². The first kappa shape index (κ1) is 12.2. The largest absolute Gasteiger partial charge is 0.366 e. The summed E-state index contributed by atoms with van der Waals surface area (Å²) in [5.41, 5.74) is 6.21. The van der Waals surface area contributed by atoms with Gasteiger partial charge in [-0.3, -0.25) is 9.59 Å². The molecule has 4 heteroatoms. The number of nitrogens with two attached hydrogens (primary N) is 1. The summed E-state index contributed by atoms with van der Waals surface area (Å²) in [6.45, 7) is 1.73. The number of primary amides is 1. The Labute approximate surface area is 112 Å². The molecule has 1 aliphatic carbocycles. The lowest BCUT2D eigenvalue weighted by atomic mass is 10.0. The first-order valence-electron chi connectivity index (χ1n) is 6.84. The number of nitrogens with zero attached hydrogens (tertiary/aromatic N) is 1. The van der Waals surface area contributed by atoms with Gasteiger partial charge in [0.15, 0.2) is 0 Å². The van der Waals surface area contributed by atoms with Crippen LogP contribution in [0.3, 0.4) is 0 Å². The van der Waals surface area contributed by atoms with Gasteiger partial charge in [0.25, 0.3) is 5.91 Å². The summed E-state index contributed by atoms with van der Waals surface area (Å²) in [4.78, 5) is 25.5. The van der Waals surface area contributed by atoms with Crippen LogP contribution in [-0.4, -0.2) is 29.8 Å². The molecule has 0 spiro atoms. The maximum absolute atomic E-state index is 12.4. The molecule has 0 aromatic heterocycles. The molecule has 1 aromatic rings. The number of benzene rings is 1. The predicted octanol–water partition coefficient (Wildman–Crippen LogP) is 1.66. The van der Waals surface area contributed by atoms with Crippen molar-refractivity contribution in [3.05, 3.63) is 35.4 Å². The van der Waals surface area contributed by atoms with Crippen molar-refractivity contribution in [2.75, 3.05) is 13.1 Å². The molecule has 1 heterocycles. The number of amides is 2. The summed E-state index contributed by atoms with van der Waals surface area (Å²) < 4.78 is 0. The Kier molecular flexibility index (Phi) is 3.01. The van der Waals surface area contributed by atoms with E-state index in [1.165, 1.54) is 19.3 Å². The topological polar surface area (TPSA) is 63.4 Å². The van der Waals surface area contributed by atoms with Crippen molar-refractivity contribution in [1.82, 2.24) is 4.90 Å². The van der Waals surface area contributed by atoms with Gasteiger partial charge in [0, 0.05) is 24.2 Å². The highest BCUT2D eigenvalue weighted by Gasteiger charge is 2.38. The van der Waals surface area contributed by atoms with Crippen LogP contribution < -0.4 is 5.73 Å². The summed E-state index contributed by atoms with van der Waals surface area (Å²) in [5, 5.41) is 0. The Bertz CT molecular complexity index is 515. The number of carbonyl (C=O) groups is 2. The van der Waals surface area contributed by atoms with Crippen LogP contribution in [0.4, 0.5) is 0 Å². The van der Waals surface area contributed by atoms with E-state index < -0.39 is 5.91 Å². The fourth-order valence-electron chi connectivity index (χ4n) is 3.39. The van der Waals surface area contributed by atoms with Crippen molar-refractivity contribution in [3.63, 3.8) is 0 Å². The normalized spacial score (nSPS) is 25.4.